The minimum atomic E-state index is -1.66. The lowest BCUT2D eigenvalue weighted by molar-refractivity contribution is -0.300. The molecule has 7 N–H and O–H groups in total. The Hall–Kier alpha value is -2.40. The Morgan fingerprint density at radius 1 is 0.855 bits per heavy atom. The molecule has 9 unspecified atom stereocenters. The lowest BCUT2D eigenvalue weighted by atomic mass is 9.67. The molecule has 1 saturated heterocycles. The van der Waals surface area contributed by atoms with Crippen LogP contribution in [0.3, 0.4) is 0 Å². The van der Waals surface area contributed by atoms with Crippen LogP contribution in [0, 0.1) is 22.2 Å². The first-order chi connectivity index (χ1) is 32.9. The Morgan fingerprint density at radius 2 is 1.45 bits per heavy atom. The zero-order valence-corrected chi connectivity index (χ0v) is 43.9. The first kappa shape index (κ1) is 64.6. The van der Waals surface area contributed by atoms with Gasteiger partial charge in [-0.2, -0.15) is 5.26 Å². The highest BCUT2D eigenvalue weighted by Crippen LogP contribution is 2.47. The van der Waals surface area contributed by atoms with Gasteiger partial charge in [0.1, 0.15) is 34.6 Å². The van der Waals surface area contributed by atoms with Gasteiger partial charge in [0.05, 0.1) is 75.2 Å². The fourth-order valence-electron chi connectivity index (χ4n) is 7.68. The van der Waals surface area contributed by atoms with E-state index in [1.54, 1.807) is 20.8 Å². The van der Waals surface area contributed by atoms with Crippen LogP contribution in [0.1, 0.15) is 125 Å². The topological polar surface area (TPSA) is 304 Å². The number of unbranched alkanes of at least 4 members (excludes halogenated alkanes) is 9. The third kappa shape index (κ3) is 27.9. The number of carbonyl (C=O) groups excluding carboxylic acids is 3. The summed E-state index contributed by atoms with van der Waals surface area (Å²) in [6, 6.07) is 2.30. The van der Waals surface area contributed by atoms with Crippen LogP contribution in [-0.2, 0) is 42.8 Å². The number of hydrogen-bond donors (Lipinski definition) is 7. The van der Waals surface area contributed by atoms with Crippen LogP contribution in [0.2, 0.25) is 0 Å². The van der Waals surface area contributed by atoms with E-state index in [1.807, 2.05) is 0 Å². The molecule has 398 valence electrons. The number of thiocarbonyl (C=S) groups is 1. The van der Waals surface area contributed by atoms with Crippen LogP contribution in [-0.4, -0.2) is 173 Å². The molecule has 0 spiro atoms. The molecule has 1 aliphatic heterocycles. The molecule has 0 aromatic rings. The lowest BCUT2D eigenvalue weighted by Crippen LogP contribution is -2.59. The van der Waals surface area contributed by atoms with Crippen molar-refractivity contribution in [2.45, 2.75) is 166 Å². The summed E-state index contributed by atoms with van der Waals surface area (Å²) in [4.78, 5) is 44.1. The van der Waals surface area contributed by atoms with Crippen LogP contribution < -0.4 is 10.6 Å². The summed E-state index contributed by atoms with van der Waals surface area (Å²) in [5.41, 5.74) is 5.52. The van der Waals surface area contributed by atoms with Gasteiger partial charge < -0.3 is 64.6 Å². The molecule has 20 nitrogen and oxygen atoms in total. The third-order valence-corrected chi connectivity index (χ3v) is 14.3. The van der Waals surface area contributed by atoms with Gasteiger partial charge in [0.2, 0.25) is 11.8 Å². The summed E-state index contributed by atoms with van der Waals surface area (Å²) in [5.74, 6) is -0.846. The van der Waals surface area contributed by atoms with E-state index in [1.165, 1.54) is 63.6 Å². The molecule has 1 rings (SSSR count). The number of hydrogen-bond acceptors (Lipinski definition) is 19. The molecular formula is C46H82N6O14S3. The second-order valence-electron chi connectivity index (χ2n) is 18.1. The largest absolute Gasteiger partial charge is 0.463 e. The Bertz CT molecular complexity index is 1560. The fraction of sp³-hybridized carbons (Fsp3) is 0.891. The Morgan fingerprint density at radius 3 is 2.03 bits per heavy atom. The maximum absolute atomic E-state index is 14.5. The number of aliphatic hydroxyl groups excluding tert-OH is 5. The molecule has 69 heavy (non-hydrogen) atoms. The number of azide groups is 1. The third-order valence-electron chi connectivity index (χ3n) is 11.4. The summed E-state index contributed by atoms with van der Waals surface area (Å²) in [7, 11) is 0. The highest BCUT2D eigenvalue weighted by molar-refractivity contribution is 8.47. The Kier molecular flexibility index (Phi) is 35.0. The second kappa shape index (κ2) is 37.4. The fourth-order valence-corrected chi connectivity index (χ4v) is 11.0. The van der Waals surface area contributed by atoms with Crippen LogP contribution in [0.15, 0.2) is 5.11 Å². The van der Waals surface area contributed by atoms with Crippen LogP contribution >= 0.6 is 35.7 Å². The van der Waals surface area contributed by atoms with Crippen molar-refractivity contribution in [1.29, 1.82) is 5.26 Å². The minimum absolute atomic E-state index is 0.0102. The van der Waals surface area contributed by atoms with Crippen molar-refractivity contribution < 1.29 is 68.3 Å². The van der Waals surface area contributed by atoms with E-state index in [0.717, 1.165) is 36.8 Å². The van der Waals surface area contributed by atoms with E-state index in [9.17, 15) is 45.2 Å². The molecule has 2 amide bonds. The predicted molar refractivity (Wildman–Crippen MR) is 268 cm³/mol. The standard InChI is InChI=1S/C46H82N6O14S3/c1-6-7-8-9-10-11-12-13-14-15-28-68-43(67)69-46(5,42(60)50-29-34(2)54)32-45(4,41(59)49-18-21-65-40-39(58)38(57)37(56)35(30-53)66-40)31-44(3,33-47)17-16-36(55)64-27-26-63-25-24-62-23-22-61-20-19-51-52-48/h34-35,37-40,53-54,56-58H,6-32H2,1-5H3,(H,49,59)(H,50,60). The SMILES string of the molecule is CCCCCCCCCCCCSC(=S)SC(C)(CC(C)(CC(C)(C#N)CCC(=O)OCCOCCOCCOCCN=[N+]=[N-])C(=O)NCCOC1OC(CO)C(O)C(O)C1O)C(=O)NCC(C)O. The number of amides is 2. The highest BCUT2D eigenvalue weighted by atomic mass is 32.2. The van der Waals surface area contributed by atoms with Crippen molar-refractivity contribution in [1.82, 2.24) is 10.6 Å². The minimum Gasteiger partial charge on any atom is -0.463 e. The van der Waals surface area contributed by atoms with Crippen LogP contribution in [0.4, 0.5) is 0 Å². The van der Waals surface area contributed by atoms with Crippen molar-refractivity contribution in [3.63, 3.8) is 0 Å². The van der Waals surface area contributed by atoms with Gasteiger partial charge in [-0.25, -0.2) is 0 Å². The van der Waals surface area contributed by atoms with E-state index >= 15 is 0 Å². The average molecular weight is 1040 g/mol. The van der Waals surface area contributed by atoms with Crippen LogP contribution in [0.5, 0.6) is 0 Å². The summed E-state index contributed by atoms with van der Waals surface area (Å²) in [6.07, 6.45) is 3.16. The van der Waals surface area contributed by atoms with Gasteiger partial charge in [0, 0.05) is 36.4 Å². The van der Waals surface area contributed by atoms with Crippen molar-refractivity contribution in [2.24, 2.45) is 15.9 Å². The van der Waals surface area contributed by atoms with Crippen molar-refractivity contribution in [2.75, 3.05) is 84.8 Å². The molecule has 0 aromatic heterocycles. The van der Waals surface area contributed by atoms with Crippen molar-refractivity contribution in [3.8, 4) is 6.07 Å². The number of nitriles is 1. The van der Waals surface area contributed by atoms with Gasteiger partial charge in [0.15, 0.2) is 6.29 Å². The van der Waals surface area contributed by atoms with Gasteiger partial charge >= 0.3 is 5.97 Å². The molecule has 0 aromatic carbocycles. The van der Waals surface area contributed by atoms with Gasteiger partial charge in [-0.05, 0) is 57.7 Å². The predicted octanol–water partition coefficient (Wildman–Crippen LogP) is 4.85. The number of nitrogens with one attached hydrogen (secondary N) is 2. The zero-order chi connectivity index (χ0) is 51.6. The highest BCUT2D eigenvalue weighted by Gasteiger charge is 2.49. The molecule has 0 radical (unpaired) electrons. The number of aliphatic hydroxyl groups is 5. The Balaban J connectivity index is 3.09. The molecule has 0 aliphatic carbocycles. The zero-order valence-electron chi connectivity index (χ0n) is 41.5. The molecule has 9 atom stereocenters. The van der Waals surface area contributed by atoms with E-state index < -0.39 is 76.8 Å². The molecule has 1 fully saturated rings. The molecule has 0 saturated carbocycles. The summed E-state index contributed by atoms with van der Waals surface area (Å²) in [5, 5.41) is 70.0. The van der Waals surface area contributed by atoms with Crippen molar-refractivity contribution in [3.05, 3.63) is 10.4 Å². The first-order valence-electron chi connectivity index (χ1n) is 24.2. The van der Waals surface area contributed by atoms with E-state index in [-0.39, 0.29) is 78.4 Å². The number of ether oxygens (including phenoxy) is 6. The number of rotatable bonds is 40. The monoisotopic (exact) mass is 1040 g/mol. The van der Waals surface area contributed by atoms with E-state index in [2.05, 4.69) is 33.7 Å². The number of esters is 1. The smallest absolute Gasteiger partial charge is 0.305 e. The first-order valence-corrected chi connectivity index (χ1v) is 26.5. The van der Waals surface area contributed by atoms with E-state index in [4.69, 9.17) is 46.2 Å². The molecule has 1 heterocycles. The van der Waals surface area contributed by atoms with Crippen molar-refractivity contribution >= 4 is 57.1 Å². The molecular weight excluding hydrogens is 957 g/mol. The number of carbonyl (C=O) groups is 3. The quantitative estimate of drug-likeness (QED) is 0.0108. The van der Waals surface area contributed by atoms with Gasteiger partial charge in [-0.15, -0.1) is 11.8 Å². The Labute approximate surface area is 423 Å². The summed E-state index contributed by atoms with van der Waals surface area (Å²) < 4.78 is 31.6. The normalized spacial score (nSPS) is 21.1. The molecule has 1 aliphatic rings. The lowest BCUT2D eigenvalue weighted by Gasteiger charge is -2.41. The summed E-state index contributed by atoms with van der Waals surface area (Å²) in [6.45, 7) is 9.40. The number of thioether (sulfide) groups is 2. The molecule has 0 bridgehead atoms. The maximum atomic E-state index is 14.5. The summed E-state index contributed by atoms with van der Waals surface area (Å²) >= 11 is 8.45. The van der Waals surface area contributed by atoms with Crippen LogP contribution in [0.25, 0.3) is 10.4 Å². The molecule has 23 heteroatoms. The van der Waals surface area contributed by atoms with Gasteiger partial charge in [-0.1, -0.05) is 101 Å². The average Bonchev–Trinajstić information content (AvgIpc) is 3.31. The second-order valence-corrected chi connectivity index (χ2v) is 21.9. The maximum Gasteiger partial charge on any atom is 0.305 e. The van der Waals surface area contributed by atoms with Gasteiger partial charge in [0.25, 0.3) is 0 Å². The van der Waals surface area contributed by atoms with Gasteiger partial charge in [-0.3, -0.25) is 14.4 Å². The number of nitrogens with zero attached hydrogens (tertiary/aromatic N) is 4. The van der Waals surface area contributed by atoms with E-state index in [0.29, 0.717) is 23.3 Å².